The number of benzene rings is 4. The van der Waals surface area contributed by atoms with E-state index in [1.165, 1.54) is 30.3 Å². The fraction of sp³-hybridized carbons (Fsp3) is 0.283. The summed E-state index contributed by atoms with van der Waals surface area (Å²) in [7, 11) is 0. The van der Waals surface area contributed by atoms with Crippen LogP contribution in [0.2, 0.25) is 0 Å². The molecule has 28 nitrogen and oxygen atoms in total. The van der Waals surface area contributed by atoms with Crippen LogP contribution in [0.4, 0.5) is 138 Å². The van der Waals surface area contributed by atoms with E-state index in [9.17, 15) is 98.2 Å². The number of carbonyl (C=O) groups is 4. The quantitative estimate of drug-likeness (QED) is 0.0141. The number of imide groups is 1. The summed E-state index contributed by atoms with van der Waals surface area (Å²) < 4.78 is 257. The van der Waals surface area contributed by atoms with Gasteiger partial charge in [-0.25, -0.2) is 23.9 Å². The lowest BCUT2D eigenvalue weighted by Crippen LogP contribution is -2.44. The minimum atomic E-state index is -4.73. The maximum Gasteiger partial charge on any atom is 0.433 e. The first kappa shape index (κ1) is 116. The van der Waals surface area contributed by atoms with Gasteiger partial charge in [-0.1, -0.05) is 80.4 Å². The van der Waals surface area contributed by atoms with E-state index in [1.54, 1.807) is 118 Å². The standard InChI is InChI=1S/C21H16F3N5O.C16H21F3N2O4.C14H15F3N2O2.C12H9N3O.C11H13F3N2O2.C9H7F3N2.C6H5F3N2.C3H3Br/c22-21(23,24)20-12-15(10-11-25-20)26-13-16-14-29(28-27-16)17-6-8-19(9-7-17)30-18-4-2-1-3-5-18;1-14(2,3)24-12(22)21(13(23)25-15(4,5)6)10-7-8-20-11(9-10)16(17,18)19;1-5-8-19(12(20)21-13(2,3)4)10-6-7-18-11(9-10)14(15,16)17;13-15-14-10-6-8-12(9-7-10)16-11-4-2-1-3-5-11;1-10(2,3)18-9(17)16-7-4-5-15-8(6-7)11(12,13)14;1-2-4-13-7-3-5-14-8(6-7)9(10,11)12;7-6(8,9)5-3-4(10)1-2-11-5;1-2-3-4/h1-12,14H,13H2,(H,25,26);7-9H,1-6H3;1,6-7,9H,8H2,2-4H3;1-9H;4-6H,1-3H3,(H,15,16,17);1,3,5-6H,4H2,(H,13,14);1-3H,(H2,10,11);1H,3H2. The number of hydrogen-bond acceptors (Lipinski definition) is 22. The summed E-state index contributed by atoms with van der Waals surface area (Å²) in [5.74, 6) is 9.74. The number of alkyl halides is 19. The van der Waals surface area contributed by atoms with E-state index in [-0.39, 0.29) is 42.4 Å². The average molecular weight is 2030 g/mol. The molecule has 139 heavy (non-hydrogen) atoms. The number of ether oxygens (including phenoxy) is 6. The van der Waals surface area contributed by atoms with Crippen LogP contribution in [0.5, 0.6) is 23.0 Å². The Balaban J connectivity index is 0.000000343. The second-order valence-corrected chi connectivity index (χ2v) is 31.7. The number of rotatable bonds is 15. The van der Waals surface area contributed by atoms with Crippen molar-refractivity contribution in [1.29, 1.82) is 0 Å². The number of nitrogens with two attached hydrogens (primary N) is 1. The smallest absolute Gasteiger partial charge is 0.433 e. The molecule has 7 heterocycles. The van der Waals surface area contributed by atoms with Crippen LogP contribution in [0.15, 0.2) is 230 Å². The Morgan fingerprint density at radius 2 is 0.791 bits per heavy atom. The third-order valence-corrected chi connectivity index (χ3v) is 15.4. The molecule has 0 saturated carbocycles. The van der Waals surface area contributed by atoms with Gasteiger partial charge >= 0.3 is 61.4 Å². The highest BCUT2D eigenvalue weighted by atomic mass is 79.9. The molecule has 47 heteroatoms. The van der Waals surface area contributed by atoms with Crippen molar-refractivity contribution >= 4 is 80.1 Å². The van der Waals surface area contributed by atoms with Crippen molar-refractivity contribution in [3.8, 4) is 65.7 Å². The summed E-state index contributed by atoms with van der Waals surface area (Å²) in [5, 5.41) is 20.0. The summed E-state index contributed by atoms with van der Waals surface area (Å²) >= 11 is 3.01. The Labute approximate surface area is 793 Å². The predicted molar refractivity (Wildman–Crippen MR) is 484 cm³/mol. The number of carbonyl (C=O) groups excluding carboxylic acids is 4. The van der Waals surface area contributed by atoms with E-state index in [4.69, 9.17) is 59.0 Å². The lowest BCUT2D eigenvalue weighted by atomic mass is 10.2. The van der Waals surface area contributed by atoms with E-state index < -0.39 is 118 Å². The van der Waals surface area contributed by atoms with Crippen molar-refractivity contribution in [2.24, 2.45) is 5.11 Å². The molecule has 0 aliphatic carbocycles. The van der Waals surface area contributed by atoms with E-state index in [1.807, 2.05) is 84.9 Å². The number of anilines is 6. The number of terminal acetylenes is 3. The monoisotopic (exact) mass is 2030 g/mol. The topological polar surface area (TPSA) is 349 Å². The summed E-state index contributed by atoms with van der Waals surface area (Å²) in [6, 6.07) is 45.7. The minimum Gasteiger partial charge on any atom is -0.457 e. The number of nitrogens with zero attached hydrogens (tertiary/aromatic N) is 14. The van der Waals surface area contributed by atoms with Crippen LogP contribution in [-0.4, -0.2) is 110 Å². The third-order valence-electron chi connectivity index (χ3n) is 15.1. The van der Waals surface area contributed by atoms with Crippen molar-refractivity contribution in [3.63, 3.8) is 0 Å². The van der Waals surface area contributed by atoms with Gasteiger partial charge in [0.1, 0.15) is 85.3 Å². The van der Waals surface area contributed by atoms with Crippen LogP contribution in [0, 0.1) is 37.0 Å². The Kier molecular flexibility index (Phi) is 43.7. The summed E-state index contributed by atoms with van der Waals surface area (Å²) in [5.41, 5.74) is 5.86. The molecule has 4 aromatic carbocycles. The number of nitrogens with one attached hydrogen (secondary N) is 3. The molecule has 0 atom stereocenters. The molecule has 0 bridgehead atoms. The molecule has 0 unspecified atom stereocenters. The lowest BCUT2D eigenvalue weighted by molar-refractivity contribution is -0.141. The maximum absolute atomic E-state index is 12.9. The second-order valence-electron chi connectivity index (χ2n) is 31.2. The lowest BCUT2D eigenvalue weighted by Gasteiger charge is -2.28. The van der Waals surface area contributed by atoms with Gasteiger partial charge in [0.25, 0.3) is 0 Å². The molecule has 4 amide bonds. The number of hydrogen-bond donors (Lipinski definition) is 4. The van der Waals surface area contributed by atoms with Crippen LogP contribution in [-0.2, 0) is 62.5 Å². The van der Waals surface area contributed by atoms with Gasteiger partial charge < -0.3 is 44.8 Å². The van der Waals surface area contributed by atoms with Gasteiger partial charge in [-0.3, -0.25) is 40.1 Å². The number of pyridine rings is 6. The molecule has 0 radical (unpaired) electrons. The Morgan fingerprint density at radius 3 is 1.17 bits per heavy atom. The van der Waals surface area contributed by atoms with E-state index in [0.29, 0.717) is 50.6 Å². The van der Waals surface area contributed by atoms with Crippen LogP contribution in [0.3, 0.4) is 0 Å². The fourth-order valence-corrected chi connectivity index (χ4v) is 9.50. The Hall–Kier alpha value is -15.6. The number of aromatic nitrogens is 9. The summed E-state index contributed by atoms with van der Waals surface area (Å²) in [6.07, 6.45) is -8.61. The number of amides is 4. The highest BCUT2D eigenvalue weighted by molar-refractivity contribution is 9.09. The number of azide groups is 1. The van der Waals surface area contributed by atoms with Crippen LogP contribution < -0.4 is 41.0 Å². The molecule has 0 saturated heterocycles. The first-order valence-electron chi connectivity index (χ1n) is 39.7. The van der Waals surface area contributed by atoms with Crippen LogP contribution in [0.1, 0.15) is 123 Å². The second kappa shape index (κ2) is 52.5. The molecular formula is C92H89BrF18N18O10. The van der Waals surface area contributed by atoms with Crippen molar-refractivity contribution in [2.45, 2.75) is 149 Å². The zero-order valence-electron chi connectivity index (χ0n) is 75.5. The molecular weight excluding hydrogens is 1940 g/mol. The van der Waals surface area contributed by atoms with Gasteiger partial charge in [0.05, 0.1) is 48.2 Å². The Morgan fingerprint density at radius 1 is 0.439 bits per heavy atom. The number of para-hydroxylation sites is 2. The van der Waals surface area contributed by atoms with Gasteiger partial charge in [-0.2, -0.15) is 83.9 Å². The van der Waals surface area contributed by atoms with Crippen LogP contribution >= 0.6 is 15.9 Å². The minimum absolute atomic E-state index is 0.0217. The first-order valence-corrected chi connectivity index (χ1v) is 40.8. The molecule has 11 rings (SSSR count). The zero-order valence-corrected chi connectivity index (χ0v) is 77.1. The average Bonchev–Trinajstić information content (AvgIpc) is 1.42. The van der Waals surface area contributed by atoms with Crippen molar-refractivity contribution < 1.29 is 127 Å². The Bertz CT molecular complexity index is 5900. The molecule has 5 N–H and O–H groups in total. The molecule has 0 aliphatic rings. The third kappa shape index (κ3) is 45.5. The van der Waals surface area contributed by atoms with Gasteiger partial charge in [0.2, 0.25) is 0 Å². The molecule has 0 fully saturated rings. The van der Waals surface area contributed by atoms with Crippen molar-refractivity contribution in [1.82, 2.24) is 44.9 Å². The zero-order chi connectivity index (χ0) is 105. The van der Waals surface area contributed by atoms with Gasteiger partial charge in [-0.15, -0.1) is 24.4 Å². The largest absolute Gasteiger partial charge is 0.457 e. The maximum atomic E-state index is 12.9. The summed E-state index contributed by atoms with van der Waals surface area (Å²) in [4.78, 5) is 71.4. The molecule has 0 aliphatic heterocycles. The van der Waals surface area contributed by atoms with E-state index in [2.05, 4.69) is 99.9 Å². The van der Waals surface area contributed by atoms with Crippen molar-refractivity contribution in [3.05, 3.63) is 276 Å². The van der Waals surface area contributed by atoms with Crippen LogP contribution in [0.25, 0.3) is 16.1 Å². The first-order chi connectivity index (χ1) is 64.5. The molecule has 11 aromatic rings. The molecule has 740 valence electrons. The van der Waals surface area contributed by atoms with Gasteiger partial charge in [-0.05, 0) is 234 Å². The molecule has 7 aromatic heterocycles. The molecule has 0 spiro atoms. The fourth-order valence-electron chi connectivity index (χ4n) is 9.50. The highest BCUT2D eigenvalue weighted by Crippen LogP contribution is 2.37. The SMILES string of the molecule is C#CCBr.C#CCN(C(=O)OC(C)(C)C)c1ccnc(C(F)(F)F)c1.C#CCNc1ccnc(C(F)(F)F)c1.CC(C)(C)OC(=O)N(C(=O)OC(C)(C)C)c1ccnc(C(F)(F)F)c1.CC(C)(C)OC(=O)Nc1ccnc(C(F)(F)F)c1.FC(F)(F)c1cc(NCc2cn(-c3ccc(Oc4ccccc4)cc3)nn2)ccn1.Nc1ccnc(C(F)(F)F)c1.[N-]=[N+]=Nc1ccc(Oc2ccccc2)cc1. The van der Waals surface area contributed by atoms with E-state index in [0.717, 1.165) is 95.7 Å². The number of nitrogen functional groups attached to an aromatic ring is 1. The normalized spacial score (nSPS) is 11.2. The summed E-state index contributed by atoms with van der Waals surface area (Å²) in [6.45, 7) is 19.5. The van der Waals surface area contributed by atoms with Crippen molar-refractivity contribution in [2.75, 3.05) is 49.9 Å². The number of halogens is 19. The highest BCUT2D eigenvalue weighted by Gasteiger charge is 2.40. The van der Waals surface area contributed by atoms with E-state index >= 15 is 0 Å². The van der Waals surface area contributed by atoms with Gasteiger partial charge in [0.15, 0.2) is 0 Å². The van der Waals surface area contributed by atoms with Gasteiger partial charge in [0, 0.05) is 70.5 Å². The predicted octanol–water partition coefficient (Wildman–Crippen LogP) is 26.0.